The van der Waals surface area contributed by atoms with E-state index in [0.29, 0.717) is 25.2 Å². The Balaban J connectivity index is 1.59. The van der Waals surface area contributed by atoms with Crippen LogP contribution in [0, 0.1) is 0 Å². The van der Waals surface area contributed by atoms with Crippen LogP contribution in [0.3, 0.4) is 0 Å². The summed E-state index contributed by atoms with van der Waals surface area (Å²) in [6.07, 6.45) is 6.51. The third kappa shape index (κ3) is 6.00. The molecule has 0 heterocycles. The molecule has 2 aromatic carbocycles. The van der Waals surface area contributed by atoms with E-state index in [4.69, 9.17) is 15.2 Å². The maximum absolute atomic E-state index is 6.13. The summed E-state index contributed by atoms with van der Waals surface area (Å²) in [5, 5.41) is 3.16. The number of nitrogens with two attached hydrogens (primary N) is 1. The standard InChI is InChI=1S/C22H29N3O2/c1-26-16-18-9-5-6-13-21(18)25-22(23)24-15-17-8-7-12-20(14-17)27-19-10-3-2-4-11-19/h5-9,12-14,19H,2-4,10-11,15-16H2,1H3,(H3,23,24,25). The Bertz CT molecular complexity index is 755. The number of ether oxygens (including phenoxy) is 2. The molecule has 0 spiro atoms. The smallest absolute Gasteiger partial charge is 0.193 e. The number of hydrogen-bond donors (Lipinski definition) is 2. The van der Waals surface area contributed by atoms with Crippen LogP contribution in [0.2, 0.25) is 0 Å². The fourth-order valence-corrected chi connectivity index (χ4v) is 3.37. The summed E-state index contributed by atoms with van der Waals surface area (Å²) >= 11 is 0. The molecule has 1 aliphatic rings. The van der Waals surface area contributed by atoms with Crippen LogP contribution < -0.4 is 15.8 Å². The molecule has 3 N–H and O–H groups in total. The van der Waals surface area contributed by atoms with Gasteiger partial charge >= 0.3 is 0 Å². The van der Waals surface area contributed by atoms with Gasteiger partial charge in [-0.2, -0.15) is 0 Å². The summed E-state index contributed by atoms with van der Waals surface area (Å²) in [4.78, 5) is 4.47. The number of aliphatic imine (C=N–C) groups is 1. The zero-order valence-corrected chi connectivity index (χ0v) is 16.0. The lowest BCUT2D eigenvalue weighted by Crippen LogP contribution is -2.23. The first-order valence-electron chi connectivity index (χ1n) is 9.64. The SMILES string of the molecule is COCc1ccccc1NC(N)=NCc1cccc(OC2CCCCC2)c1. The minimum absolute atomic E-state index is 0.349. The highest BCUT2D eigenvalue weighted by Gasteiger charge is 2.14. The number of benzene rings is 2. The van der Waals surface area contributed by atoms with Gasteiger partial charge in [-0.05, 0) is 49.4 Å². The first kappa shape index (κ1) is 19.2. The fourth-order valence-electron chi connectivity index (χ4n) is 3.37. The topological polar surface area (TPSA) is 68.9 Å². The minimum Gasteiger partial charge on any atom is -0.490 e. The monoisotopic (exact) mass is 367 g/mol. The summed E-state index contributed by atoms with van der Waals surface area (Å²) < 4.78 is 11.4. The summed E-state index contributed by atoms with van der Waals surface area (Å²) in [5.41, 5.74) is 9.11. The highest BCUT2D eigenvalue weighted by atomic mass is 16.5. The van der Waals surface area contributed by atoms with Crippen molar-refractivity contribution in [2.75, 3.05) is 12.4 Å². The van der Waals surface area contributed by atoms with Crippen molar-refractivity contribution in [1.82, 2.24) is 0 Å². The second-order valence-electron chi connectivity index (χ2n) is 6.94. The zero-order valence-electron chi connectivity index (χ0n) is 16.0. The number of anilines is 1. The van der Waals surface area contributed by atoms with Crippen LogP contribution in [0.25, 0.3) is 0 Å². The summed E-state index contributed by atoms with van der Waals surface area (Å²) in [5.74, 6) is 1.31. The molecule has 1 aliphatic carbocycles. The van der Waals surface area contributed by atoms with Crippen molar-refractivity contribution >= 4 is 11.6 Å². The van der Waals surface area contributed by atoms with Gasteiger partial charge in [-0.25, -0.2) is 4.99 Å². The first-order chi connectivity index (χ1) is 13.2. The van der Waals surface area contributed by atoms with Gasteiger partial charge in [-0.15, -0.1) is 0 Å². The molecule has 5 heteroatoms. The summed E-state index contributed by atoms with van der Waals surface area (Å²) in [7, 11) is 1.68. The van der Waals surface area contributed by atoms with Gasteiger partial charge in [-0.3, -0.25) is 0 Å². The average molecular weight is 367 g/mol. The molecule has 0 aromatic heterocycles. The van der Waals surface area contributed by atoms with Gasteiger partial charge in [0.2, 0.25) is 0 Å². The van der Waals surface area contributed by atoms with E-state index in [1.807, 2.05) is 42.5 Å². The summed E-state index contributed by atoms with van der Waals surface area (Å²) in [6, 6.07) is 16.0. The first-order valence-corrected chi connectivity index (χ1v) is 9.64. The van der Waals surface area contributed by atoms with Crippen molar-refractivity contribution in [3.8, 4) is 5.75 Å². The molecule has 0 unspecified atom stereocenters. The molecule has 0 saturated heterocycles. The normalized spacial score (nSPS) is 15.5. The van der Waals surface area contributed by atoms with E-state index >= 15 is 0 Å². The van der Waals surface area contributed by atoms with Crippen molar-refractivity contribution in [2.45, 2.75) is 51.4 Å². The van der Waals surface area contributed by atoms with Gasteiger partial charge in [0.25, 0.3) is 0 Å². The molecule has 0 aliphatic heterocycles. The van der Waals surface area contributed by atoms with Gasteiger partial charge in [0.15, 0.2) is 5.96 Å². The lowest BCUT2D eigenvalue weighted by Gasteiger charge is -2.23. The molecular formula is C22H29N3O2. The van der Waals surface area contributed by atoms with Crippen LogP contribution in [-0.2, 0) is 17.9 Å². The van der Waals surface area contributed by atoms with E-state index in [9.17, 15) is 0 Å². The third-order valence-electron chi connectivity index (χ3n) is 4.77. The quantitative estimate of drug-likeness (QED) is 0.559. The van der Waals surface area contributed by atoms with Crippen molar-refractivity contribution in [3.05, 3.63) is 59.7 Å². The molecular weight excluding hydrogens is 338 g/mol. The molecule has 1 saturated carbocycles. The maximum atomic E-state index is 6.13. The average Bonchev–Trinajstić information content (AvgIpc) is 2.69. The molecule has 0 atom stereocenters. The van der Waals surface area contributed by atoms with Gasteiger partial charge in [0.1, 0.15) is 5.75 Å². The molecule has 2 aromatic rings. The number of guanidine groups is 1. The Kier molecular flexibility index (Phi) is 7.11. The Labute approximate surface area is 161 Å². The van der Waals surface area contributed by atoms with Gasteiger partial charge in [-0.1, -0.05) is 36.8 Å². The second kappa shape index (κ2) is 9.97. The van der Waals surface area contributed by atoms with E-state index in [0.717, 1.165) is 35.4 Å². The van der Waals surface area contributed by atoms with Crippen LogP contribution in [0.4, 0.5) is 5.69 Å². The van der Waals surface area contributed by atoms with E-state index in [-0.39, 0.29) is 0 Å². The number of para-hydroxylation sites is 1. The van der Waals surface area contributed by atoms with Crippen molar-refractivity contribution in [1.29, 1.82) is 0 Å². The molecule has 0 bridgehead atoms. The third-order valence-corrected chi connectivity index (χ3v) is 4.77. The molecule has 27 heavy (non-hydrogen) atoms. The Hall–Kier alpha value is -2.53. The molecule has 0 amide bonds. The molecule has 144 valence electrons. The Morgan fingerprint density at radius 2 is 1.93 bits per heavy atom. The zero-order chi connectivity index (χ0) is 18.9. The van der Waals surface area contributed by atoms with Crippen LogP contribution in [-0.4, -0.2) is 19.2 Å². The lowest BCUT2D eigenvalue weighted by atomic mass is 9.98. The molecule has 0 radical (unpaired) electrons. The van der Waals surface area contributed by atoms with Gasteiger partial charge in [0.05, 0.1) is 19.3 Å². The second-order valence-corrected chi connectivity index (χ2v) is 6.94. The molecule has 1 fully saturated rings. The maximum Gasteiger partial charge on any atom is 0.193 e. The molecule has 3 rings (SSSR count). The highest BCUT2D eigenvalue weighted by molar-refractivity contribution is 5.92. The van der Waals surface area contributed by atoms with E-state index in [1.165, 1.54) is 19.3 Å². The highest BCUT2D eigenvalue weighted by Crippen LogP contribution is 2.24. The van der Waals surface area contributed by atoms with Crippen LogP contribution in [0.1, 0.15) is 43.2 Å². The summed E-state index contributed by atoms with van der Waals surface area (Å²) in [6.45, 7) is 1.03. The number of methoxy groups -OCH3 is 1. The van der Waals surface area contributed by atoms with Crippen molar-refractivity contribution in [2.24, 2.45) is 10.7 Å². The van der Waals surface area contributed by atoms with Crippen LogP contribution in [0.15, 0.2) is 53.5 Å². The largest absolute Gasteiger partial charge is 0.490 e. The van der Waals surface area contributed by atoms with E-state index < -0.39 is 0 Å². The predicted molar refractivity (Wildman–Crippen MR) is 110 cm³/mol. The minimum atomic E-state index is 0.349. The number of nitrogens with one attached hydrogen (secondary N) is 1. The lowest BCUT2D eigenvalue weighted by molar-refractivity contribution is 0.155. The fraction of sp³-hybridized carbons (Fsp3) is 0.409. The number of hydrogen-bond acceptors (Lipinski definition) is 3. The van der Waals surface area contributed by atoms with Crippen molar-refractivity contribution in [3.63, 3.8) is 0 Å². The van der Waals surface area contributed by atoms with Gasteiger partial charge in [0, 0.05) is 18.4 Å². The van der Waals surface area contributed by atoms with Crippen molar-refractivity contribution < 1.29 is 9.47 Å². The van der Waals surface area contributed by atoms with Crippen LogP contribution >= 0.6 is 0 Å². The van der Waals surface area contributed by atoms with E-state index in [1.54, 1.807) is 7.11 Å². The predicted octanol–water partition coefficient (Wildman–Crippen LogP) is 4.47. The number of nitrogens with zero attached hydrogens (tertiary/aromatic N) is 1. The molecule has 5 nitrogen and oxygen atoms in total. The Morgan fingerprint density at radius 3 is 2.74 bits per heavy atom. The van der Waals surface area contributed by atoms with Gasteiger partial charge < -0.3 is 20.5 Å². The Morgan fingerprint density at radius 1 is 1.11 bits per heavy atom. The van der Waals surface area contributed by atoms with E-state index in [2.05, 4.69) is 16.4 Å². The van der Waals surface area contributed by atoms with Crippen LogP contribution in [0.5, 0.6) is 5.75 Å². The number of rotatable bonds is 7.